The van der Waals surface area contributed by atoms with Gasteiger partial charge in [-0.25, -0.2) is 4.98 Å². The van der Waals surface area contributed by atoms with Crippen LogP contribution in [0, 0.1) is 6.92 Å². The molecule has 0 saturated carbocycles. The van der Waals surface area contributed by atoms with E-state index in [0.29, 0.717) is 12.4 Å². The molecule has 16 heavy (non-hydrogen) atoms. The second-order valence-electron chi connectivity index (χ2n) is 4.00. The van der Waals surface area contributed by atoms with E-state index in [4.69, 9.17) is 15.9 Å². The number of nitrogens with two attached hydrogens (primary N) is 2. The summed E-state index contributed by atoms with van der Waals surface area (Å²) in [6.07, 6.45) is 1.84. The Morgan fingerprint density at radius 1 is 1.44 bits per heavy atom. The molecule has 0 bridgehead atoms. The molecular formula is C12H17N3O. The maximum atomic E-state index is 6.06. The molecule has 0 radical (unpaired) electrons. The molecule has 0 aliphatic carbocycles. The van der Waals surface area contributed by atoms with Gasteiger partial charge in [-0.05, 0) is 37.1 Å². The van der Waals surface area contributed by atoms with E-state index in [2.05, 4.69) is 4.98 Å². The van der Waals surface area contributed by atoms with Crippen LogP contribution in [-0.4, -0.2) is 11.5 Å². The van der Waals surface area contributed by atoms with Crippen LogP contribution in [0.5, 0.6) is 0 Å². The summed E-state index contributed by atoms with van der Waals surface area (Å²) >= 11 is 0. The predicted molar refractivity (Wildman–Crippen MR) is 64.0 cm³/mol. The quantitative estimate of drug-likeness (QED) is 0.822. The first-order chi connectivity index (χ1) is 7.70. The van der Waals surface area contributed by atoms with Crippen LogP contribution in [0.3, 0.4) is 0 Å². The van der Waals surface area contributed by atoms with Crippen molar-refractivity contribution >= 4 is 11.1 Å². The van der Waals surface area contributed by atoms with Gasteiger partial charge in [-0.1, -0.05) is 6.07 Å². The van der Waals surface area contributed by atoms with E-state index in [0.717, 1.165) is 29.5 Å². The first kappa shape index (κ1) is 11.1. The number of fused-ring (bicyclic) bond motifs is 1. The lowest BCUT2D eigenvalue weighted by Crippen LogP contribution is -2.12. The maximum Gasteiger partial charge on any atom is 0.192 e. The molecule has 2 rings (SSSR count). The fraction of sp³-hybridized carbons (Fsp3) is 0.417. The first-order valence-electron chi connectivity index (χ1n) is 5.53. The van der Waals surface area contributed by atoms with Crippen LogP contribution < -0.4 is 11.5 Å². The van der Waals surface area contributed by atoms with Crippen LogP contribution in [0.1, 0.15) is 30.3 Å². The zero-order chi connectivity index (χ0) is 11.5. The van der Waals surface area contributed by atoms with Crippen molar-refractivity contribution in [2.75, 3.05) is 6.54 Å². The summed E-state index contributed by atoms with van der Waals surface area (Å²) < 4.78 is 5.41. The molecule has 4 N–H and O–H groups in total. The van der Waals surface area contributed by atoms with E-state index < -0.39 is 0 Å². The predicted octanol–water partition coefficient (Wildman–Crippen LogP) is 1.87. The highest BCUT2D eigenvalue weighted by molar-refractivity contribution is 5.73. The standard InChI is InChI=1S/C12H17N3O/c1-8-15-11-7-9(4-5-12(11)16-8)10(14)3-2-6-13/h4-5,7,10H,2-3,6,13-14H2,1H3. The summed E-state index contributed by atoms with van der Waals surface area (Å²) in [5, 5.41) is 0. The summed E-state index contributed by atoms with van der Waals surface area (Å²) in [5.41, 5.74) is 14.3. The minimum absolute atomic E-state index is 0.0324. The number of oxazole rings is 1. The zero-order valence-corrected chi connectivity index (χ0v) is 9.44. The smallest absolute Gasteiger partial charge is 0.192 e. The minimum atomic E-state index is 0.0324. The Morgan fingerprint density at radius 3 is 3.00 bits per heavy atom. The monoisotopic (exact) mass is 219 g/mol. The Balaban J connectivity index is 2.24. The van der Waals surface area contributed by atoms with Gasteiger partial charge >= 0.3 is 0 Å². The van der Waals surface area contributed by atoms with Gasteiger partial charge in [0.05, 0.1) is 0 Å². The van der Waals surface area contributed by atoms with Crippen LogP contribution in [0.4, 0.5) is 0 Å². The molecule has 1 aromatic carbocycles. The molecule has 0 amide bonds. The molecule has 1 unspecified atom stereocenters. The summed E-state index contributed by atoms with van der Waals surface area (Å²) in [7, 11) is 0. The van der Waals surface area contributed by atoms with Crippen molar-refractivity contribution in [3.05, 3.63) is 29.7 Å². The molecule has 1 atom stereocenters. The van der Waals surface area contributed by atoms with E-state index in [1.165, 1.54) is 0 Å². The van der Waals surface area contributed by atoms with Crippen molar-refractivity contribution in [1.29, 1.82) is 0 Å². The van der Waals surface area contributed by atoms with Gasteiger partial charge in [-0.2, -0.15) is 0 Å². The molecule has 2 aromatic rings. The summed E-state index contributed by atoms with van der Waals surface area (Å²) in [4.78, 5) is 4.29. The fourth-order valence-corrected chi connectivity index (χ4v) is 1.79. The number of hydrogen-bond donors (Lipinski definition) is 2. The Bertz CT molecular complexity index is 478. The minimum Gasteiger partial charge on any atom is -0.441 e. The average molecular weight is 219 g/mol. The van der Waals surface area contributed by atoms with Gasteiger partial charge in [-0.15, -0.1) is 0 Å². The second kappa shape index (κ2) is 4.63. The topological polar surface area (TPSA) is 78.1 Å². The molecule has 86 valence electrons. The van der Waals surface area contributed by atoms with Crippen LogP contribution in [-0.2, 0) is 0 Å². The molecular weight excluding hydrogens is 202 g/mol. The third kappa shape index (κ3) is 2.23. The van der Waals surface area contributed by atoms with Crippen LogP contribution in [0.2, 0.25) is 0 Å². The van der Waals surface area contributed by atoms with Crippen molar-refractivity contribution in [3.63, 3.8) is 0 Å². The van der Waals surface area contributed by atoms with Crippen molar-refractivity contribution in [2.24, 2.45) is 11.5 Å². The van der Waals surface area contributed by atoms with Crippen molar-refractivity contribution in [1.82, 2.24) is 4.98 Å². The third-order valence-corrected chi connectivity index (χ3v) is 2.67. The van der Waals surface area contributed by atoms with Crippen molar-refractivity contribution < 1.29 is 4.42 Å². The molecule has 1 aromatic heterocycles. The molecule has 0 aliphatic heterocycles. The Kier molecular flexibility index (Phi) is 3.22. The summed E-state index contributed by atoms with van der Waals surface area (Å²) in [6, 6.07) is 5.94. The van der Waals surface area contributed by atoms with Crippen LogP contribution in [0.25, 0.3) is 11.1 Å². The highest BCUT2D eigenvalue weighted by atomic mass is 16.3. The lowest BCUT2D eigenvalue weighted by atomic mass is 10.0. The van der Waals surface area contributed by atoms with Gasteiger partial charge in [0.2, 0.25) is 0 Å². The van der Waals surface area contributed by atoms with E-state index in [1.807, 2.05) is 25.1 Å². The summed E-state index contributed by atoms with van der Waals surface area (Å²) in [6.45, 7) is 2.52. The van der Waals surface area contributed by atoms with Gasteiger partial charge in [0.1, 0.15) is 5.52 Å². The molecule has 4 nitrogen and oxygen atoms in total. The number of aromatic nitrogens is 1. The van der Waals surface area contributed by atoms with E-state index in [-0.39, 0.29) is 6.04 Å². The molecule has 0 spiro atoms. The Labute approximate surface area is 94.6 Å². The van der Waals surface area contributed by atoms with Gasteiger partial charge in [-0.3, -0.25) is 0 Å². The highest BCUT2D eigenvalue weighted by Crippen LogP contribution is 2.21. The second-order valence-corrected chi connectivity index (χ2v) is 4.00. The molecule has 4 heteroatoms. The fourth-order valence-electron chi connectivity index (χ4n) is 1.79. The Hall–Kier alpha value is -1.39. The van der Waals surface area contributed by atoms with Gasteiger partial charge in [0.25, 0.3) is 0 Å². The number of aryl methyl sites for hydroxylation is 1. The lowest BCUT2D eigenvalue weighted by molar-refractivity contribution is 0.561. The molecule has 0 saturated heterocycles. The Morgan fingerprint density at radius 2 is 2.25 bits per heavy atom. The van der Waals surface area contributed by atoms with Crippen molar-refractivity contribution in [2.45, 2.75) is 25.8 Å². The SMILES string of the molecule is Cc1nc2cc(C(N)CCCN)ccc2o1. The number of benzene rings is 1. The molecule has 1 heterocycles. The van der Waals surface area contributed by atoms with Gasteiger partial charge in [0, 0.05) is 13.0 Å². The largest absolute Gasteiger partial charge is 0.441 e. The molecule has 0 fully saturated rings. The first-order valence-corrected chi connectivity index (χ1v) is 5.53. The third-order valence-electron chi connectivity index (χ3n) is 2.67. The number of hydrogen-bond acceptors (Lipinski definition) is 4. The van der Waals surface area contributed by atoms with E-state index >= 15 is 0 Å². The van der Waals surface area contributed by atoms with Crippen LogP contribution >= 0.6 is 0 Å². The number of rotatable bonds is 4. The maximum absolute atomic E-state index is 6.06. The highest BCUT2D eigenvalue weighted by Gasteiger charge is 2.08. The van der Waals surface area contributed by atoms with Crippen molar-refractivity contribution in [3.8, 4) is 0 Å². The normalized spacial score (nSPS) is 13.2. The van der Waals surface area contributed by atoms with E-state index in [1.54, 1.807) is 0 Å². The van der Waals surface area contributed by atoms with Gasteiger partial charge < -0.3 is 15.9 Å². The summed E-state index contributed by atoms with van der Waals surface area (Å²) in [5.74, 6) is 0.683. The number of nitrogens with zero attached hydrogens (tertiary/aromatic N) is 1. The average Bonchev–Trinajstić information content (AvgIpc) is 2.64. The zero-order valence-electron chi connectivity index (χ0n) is 9.44. The lowest BCUT2D eigenvalue weighted by Gasteiger charge is -2.10. The van der Waals surface area contributed by atoms with E-state index in [9.17, 15) is 0 Å². The van der Waals surface area contributed by atoms with Crippen LogP contribution in [0.15, 0.2) is 22.6 Å². The van der Waals surface area contributed by atoms with Gasteiger partial charge in [0.15, 0.2) is 11.5 Å². The molecule has 0 aliphatic rings.